The summed E-state index contributed by atoms with van der Waals surface area (Å²) in [5, 5.41) is 11.2. The highest BCUT2D eigenvalue weighted by atomic mass is 19.1. The van der Waals surface area contributed by atoms with Gasteiger partial charge in [0.2, 0.25) is 0 Å². The standard InChI is InChI=1S/C15H17FN4O2/c1-8-11(22-14(17)21)7-9(16)13(15(2,3)4)12(8)10-5-6-18-20-19-10/h5-7H,1-4H3,(H2,17,21). The third-order valence-electron chi connectivity index (χ3n) is 3.21. The van der Waals surface area contributed by atoms with Crippen molar-refractivity contribution in [3.63, 3.8) is 0 Å². The molecular weight excluding hydrogens is 287 g/mol. The molecule has 0 spiro atoms. The monoisotopic (exact) mass is 304 g/mol. The summed E-state index contributed by atoms with van der Waals surface area (Å²) in [4.78, 5) is 11.0. The van der Waals surface area contributed by atoms with E-state index in [9.17, 15) is 9.18 Å². The van der Waals surface area contributed by atoms with Crippen LogP contribution in [0.3, 0.4) is 0 Å². The second-order valence-electron chi connectivity index (χ2n) is 5.91. The summed E-state index contributed by atoms with van der Waals surface area (Å²) in [6, 6.07) is 2.79. The van der Waals surface area contributed by atoms with Gasteiger partial charge >= 0.3 is 6.09 Å². The molecule has 1 aromatic carbocycles. The number of nitrogens with two attached hydrogens (primary N) is 1. The van der Waals surface area contributed by atoms with E-state index in [2.05, 4.69) is 15.4 Å². The number of hydrogen-bond donors (Lipinski definition) is 1. The van der Waals surface area contributed by atoms with E-state index in [0.29, 0.717) is 22.4 Å². The molecule has 2 rings (SSSR count). The summed E-state index contributed by atoms with van der Waals surface area (Å²) in [7, 11) is 0. The Hall–Kier alpha value is -2.57. The van der Waals surface area contributed by atoms with Crippen LogP contribution >= 0.6 is 0 Å². The Morgan fingerprint density at radius 3 is 2.55 bits per heavy atom. The predicted octanol–water partition coefficient (Wildman–Crippen LogP) is 2.74. The minimum atomic E-state index is -1.00. The van der Waals surface area contributed by atoms with Gasteiger partial charge in [0.05, 0.1) is 11.9 Å². The minimum absolute atomic E-state index is 0.0617. The molecule has 0 aliphatic heterocycles. The number of carbonyl (C=O) groups excluding carboxylic acids is 1. The van der Waals surface area contributed by atoms with Crippen molar-refractivity contribution in [2.75, 3.05) is 0 Å². The van der Waals surface area contributed by atoms with Crippen LogP contribution in [-0.4, -0.2) is 21.5 Å². The highest BCUT2D eigenvalue weighted by molar-refractivity contribution is 5.75. The van der Waals surface area contributed by atoms with E-state index >= 15 is 0 Å². The summed E-state index contributed by atoms with van der Waals surface area (Å²) in [6.45, 7) is 7.37. The number of aromatic nitrogens is 3. The number of benzene rings is 1. The highest BCUT2D eigenvalue weighted by Gasteiger charge is 2.28. The van der Waals surface area contributed by atoms with Crippen LogP contribution in [0.4, 0.5) is 9.18 Å². The Morgan fingerprint density at radius 2 is 2.05 bits per heavy atom. The van der Waals surface area contributed by atoms with Crippen LogP contribution in [0.2, 0.25) is 0 Å². The van der Waals surface area contributed by atoms with Crippen molar-refractivity contribution >= 4 is 6.09 Å². The van der Waals surface area contributed by atoms with E-state index in [1.807, 2.05) is 20.8 Å². The first-order chi connectivity index (χ1) is 10.2. The molecule has 0 aliphatic rings. The average Bonchev–Trinajstić information content (AvgIpc) is 2.41. The van der Waals surface area contributed by atoms with E-state index in [1.54, 1.807) is 13.0 Å². The zero-order valence-electron chi connectivity index (χ0n) is 12.8. The third kappa shape index (κ3) is 3.03. The Balaban J connectivity index is 2.81. The molecule has 2 aromatic rings. The first kappa shape index (κ1) is 15.8. The van der Waals surface area contributed by atoms with E-state index < -0.39 is 17.3 Å². The van der Waals surface area contributed by atoms with Gasteiger partial charge in [0.1, 0.15) is 11.6 Å². The average molecular weight is 304 g/mol. The van der Waals surface area contributed by atoms with E-state index in [1.165, 1.54) is 12.3 Å². The van der Waals surface area contributed by atoms with Crippen LogP contribution in [-0.2, 0) is 5.41 Å². The van der Waals surface area contributed by atoms with Gasteiger partial charge in [0.15, 0.2) is 0 Å². The second-order valence-corrected chi connectivity index (χ2v) is 5.91. The minimum Gasteiger partial charge on any atom is -0.410 e. The number of amides is 1. The smallest absolute Gasteiger partial charge is 0.409 e. The zero-order valence-corrected chi connectivity index (χ0v) is 12.8. The van der Waals surface area contributed by atoms with Gasteiger partial charge in [-0.2, -0.15) is 0 Å². The number of rotatable bonds is 2. The lowest BCUT2D eigenvalue weighted by molar-refractivity contribution is 0.210. The first-order valence-electron chi connectivity index (χ1n) is 6.67. The zero-order chi connectivity index (χ0) is 16.5. The highest BCUT2D eigenvalue weighted by Crippen LogP contribution is 2.40. The van der Waals surface area contributed by atoms with Crippen molar-refractivity contribution in [2.45, 2.75) is 33.1 Å². The largest absolute Gasteiger partial charge is 0.410 e. The molecule has 0 atom stereocenters. The van der Waals surface area contributed by atoms with Crippen LogP contribution in [0.25, 0.3) is 11.3 Å². The molecule has 116 valence electrons. The maximum Gasteiger partial charge on any atom is 0.409 e. The summed E-state index contributed by atoms with van der Waals surface area (Å²) in [5.74, 6) is -0.436. The van der Waals surface area contributed by atoms with Crippen LogP contribution < -0.4 is 10.5 Å². The maximum absolute atomic E-state index is 14.6. The number of ether oxygens (including phenoxy) is 1. The van der Waals surface area contributed by atoms with Gasteiger partial charge in [0.25, 0.3) is 0 Å². The first-order valence-corrected chi connectivity index (χ1v) is 6.67. The molecule has 1 heterocycles. The molecule has 0 aliphatic carbocycles. The Bertz CT molecular complexity index is 712. The van der Waals surface area contributed by atoms with Gasteiger partial charge in [0, 0.05) is 22.8 Å². The van der Waals surface area contributed by atoms with E-state index in [4.69, 9.17) is 10.5 Å². The topological polar surface area (TPSA) is 91.0 Å². The molecular formula is C15H17FN4O2. The van der Waals surface area contributed by atoms with Crippen molar-refractivity contribution in [2.24, 2.45) is 5.73 Å². The summed E-state index contributed by atoms with van der Waals surface area (Å²) in [6.07, 6.45) is 0.464. The normalized spacial score (nSPS) is 11.3. The molecule has 22 heavy (non-hydrogen) atoms. The van der Waals surface area contributed by atoms with Crippen LogP contribution in [0.1, 0.15) is 31.9 Å². The number of halogens is 1. The fourth-order valence-corrected chi connectivity index (χ4v) is 2.37. The maximum atomic E-state index is 14.6. The van der Waals surface area contributed by atoms with Crippen LogP contribution in [0, 0.1) is 12.7 Å². The molecule has 0 saturated heterocycles. The quantitative estimate of drug-likeness (QED) is 0.921. The molecule has 0 radical (unpaired) electrons. The van der Waals surface area contributed by atoms with Crippen LogP contribution in [0.15, 0.2) is 18.3 Å². The van der Waals surface area contributed by atoms with Gasteiger partial charge in [-0.3, -0.25) is 0 Å². The lowest BCUT2D eigenvalue weighted by Gasteiger charge is -2.25. The number of hydrogen-bond acceptors (Lipinski definition) is 5. The fourth-order valence-electron chi connectivity index (χ4n) is 2.37. The van der Waals surface area contributed by atoms with Gasteiger partial charge in [-0.25, -0.2) is 9.18 Å². The fraction of sp³-hybridized carbons (Fsp3) is 0.333. The molecule has 2 N–H and O–H groups in total. The van der Waals surface area contributed by atoms with Gasteiger partial charge in [-0.1, -0.05) is 20.8 Å². The SMILES string of the molecule is Cc1c(OC(N)=O)cc(F)c(C(C)(C)C)c1-c1ccnnn1. The summed E-state index contributed by atoms with van der Waals surface area (Å²) < 4.78 is 19.5. The van der Waals surface area contributed by atoms with E-state index in [0.717, 1.165) is 0 Å². The summed E-state index contributed by atoms with van der Waals surface area (Å²) >= 11 is 0. The van der Waals surface area contributed by atoms with Crippen molar-refractivity contribution in [1.29, 1.82) is 0 Å². The van der Waals surface area contributed by atoms with Crippen molar-refractivity contribution in [1.82, 2.24) is 15.4 Å². The van der Waals surface area contributed by atoms with Gasteiger partial charge in [-0.05, 0) is 23.6 Å². The lowest BCUT2D eigenvalue weighted by Crippen LogP contribution is -2.20. The third-order valence-corrected chi connectivity index (χ3v) is 3.21. The number of primary amides is 1. The lowest BCUT2D eigenvalue weighted by atomic mass is 9.80. The van der Waals surface area contributed by atoms with Crippen molar-refractivity contribution in [3.05, 3.63) is 35.3 Å². The van der Waals surface area contributed by atoms with Crippen LogP contribution in [0.5, 0.6) is 5.75 Å². The molecule has 1 amide bonds. The Labute approximate surface area is 127 Å². The Kier molecular flexibility index (Phi) is 4.07. The predicted molar refractivity (Wildman–Crippen MR) is 78.9 cm³/mol. The number of carbonyl (C=O) groups is 1. The molecule has 7 heteroatoms. The summed E-state index contributed by atoms with van der Waals surface area (Å²) in [5.41, 5.74) is 6.55. The number of nitrogens with zero attached hydrogens (tertiary/aromatic N) is 3. The van der Waals surface area contributed by atoms with Gasteiger partial charge in [-0.15, -0.1) is 10.2 Å². The van der Waals surface area contributed by atoms with E-state index in [-0.39, 0.29) is 5.75 Å². The molecule has 6 nitrogen and oxygen atoms in total. The van der Waals surface area contributed by atoms with Crippen molar-refractivity contribution in [3.8, 4) is 17.0 Å². The molecule has 0 bridgehead atoms. The molecule has 1 aromatic heterocycles. The molecule has 0 unspecified atom stereocenters. The molecule has 0 fully saturated rings. The second kappa shape index (κ2) is 5.67. The van der Waals surface area contributed by atoms with Crippen molar-refractivity contribution < 1.29 is 13.9 Å². The molecule has 0 saturated carbocycles. The Morgan fingerprint density at radius 1 is 1.36 bits per heavy atom. The van der Waals surface area contributed by atoms with Gasteiger partial charge < -0.3 is 10.5 Å².